The van der Waals surface area contributed by atoms with Crippen LogP contribution in [0.5, 0.6) is 11.5 Å². The smallest absolute Gasteiger partial charge is 0.162 e. The lowest BCUT2D eigenvalue weighted by Gasteiger charge is -2.16. The molecule has 2 aromatic rings. The average Bonchev–Trinajstić information content (AvgIpc) is 2.95. The van der Waals surface area contributed by atoms with Crippen LogP contribution in [-0.4, -0.2) is 13.2 Å². The van der Waals surface area contributed by atoms with Crippen LogP contribution in [0.15, 0.2) is 34.1 Å². The summed E-state index contributed by atoms with van der Waals surface area (Å²) in [6, 6.07) is 8.19. The SMILES string of the molecule is CCOc1cc(Br)c(C(Br)c2cccs2)cc1OCC. The van der Waals surface area contributed by atoms with Crippen molar-refractivity contribution in [2.75, 3.05) is 13.2 Å². The molecule has 0 amide bonds. The van der Waals surface area contributed by atoms with Gasteiger partial charge in [-0.25, -0.2) is 0 Å². The molecule has 0 saturated carbocycles. The third-order valence-electron chi connectivity index (χ3n) is 2.73. The summed E-state index contributed by atoms with van der Waals surface area (Å²) in [4.78, 5) is 1.41. The highest BCUT2D eigenvalue weighted by atomic mass is 79.9. The second-order valence-corrected chi connectivity index (χ2v) is 6.81. The highest BCUT2D eigenvalue weighted by molar-refractivity contribution is 9.11. The Bertz CT molecular complexity index is 555. The maximum Gasteiger partial charge on any atom is 0.162 e. The Kier molecular flexibility index (Phi) is 5.93. The zero-order valence-corrected chi connectivity index (χ0v) is 15.3. The Morgan fingerprint density at radius 3 is 2.35 bits per heavy atom. The lowest BCUT2D eigenvalue weighted by atomic mass is 10.1. The van der Waals surface area contributed by atoms with E-state index in [1.165, 1.54) is 4.88 Å². The van der Waals surface area contributed by atoms with Gasteiger partial charge in [0, 0.05) is 9.35 Å². The van der Waals surface area contributed by atoms with Gasteiger partial charge in [-0.3, -0.25) is 0 Å². The van der Waals surface area contributed by atoms with Gasteiger partial charge in [0.2, 0.25) is 0 Å². The summed E-state index contributed by atoms with van der Waals surface area (Å²) in [6.45, 7) is 5.18. The number of hydrogen-bond donors (Lipinski definition) is 0. The number of hydrogen-bond acceptors (Lipinski definition) is 3. The summed E-state index contributed by atoms with van der Waals surface area (Å²) in [7, 11) is 0. The summed E-state index contributed by atoms with van der Waals surface area (Å²) in [6.07, 6.45) is 0. The van der Waals surface area contributed by atoms with Crippen molar-refractivity contribution in [1.29, 1.82) is 0 Å². The van der Waals surface area contributed by atoms with Crippen molar-refractivity contribution in [2.24, 2.45) is 0 Å². The van der Waals surface area contributed by atoms with Crippen molar-refractivity contribution >= 4 is 43.2 Å². The number of benzene rings is 1. The third-order valence-corrected chi connectivity index (χ3v) is 5.64. The van der Waals surface area contributed by atoms with Crippen LogP contribution in [-0.2, 0) is 0 Å². The quantitative estimate of drug-likeness (QED) is 0.551. The normalized spacial score (nSPS) is 12.2. The first kappa shape index (κ1) is 15.9. The number of ether oxygens (including phenoxy) is 2. The summed E-state index contributed by atoms with van der Waals surface area (Å²) in [5, 5.41) is 2.08. The van der Waals surface area contributed by atoms with Crippen molar-refractivity contribution in [1.82, 2.24) is 0 Å². The van der Waals surface area contributed by atoms with Gasteiger partial charge in [0.25, 0.3) is 0 Å². The molecule has 0 aliphatic carbocycles. The van der Waals surface area contributed by atoms with Gasteiger partial charge in [0.1, 0.15) is 0 Å². The van der Waals surface area contributed by atoms with Crippen molar-refractivity contribution in [3.8, 4) is 11.5 Å². The Hall–Kier alpha value is -0.520. The minimum Gasteiger partial charge on any atom is -0.490 e. The Balaban J connectivity index is 2.40. The second-order valence-electron chi connectivity index (χ2n) is 4.06. The second kappa shape index (κ2) is 7.48. The molecule has 0 aliphatic heterocycles. The van der Waals surface area contributed by atoms with Crippen LogP contribution >= 0.6 is 43.2 Å². The summed E-state index contributed by atoms with van der Waals surface area (Å²) in [5.41, 5.74) is 1.14. The number of halogens is 2. The van der Waals surface area contributed by atoms with Crippen LogP contribution in [0.2, 0.25) is 0 Å². The number of alkyl halides is 1. The molecule has 1 heterocycles. The maximum atomic E-state index is 5.69. The van der Waals surface area contributed by atoms with Gasteiger partial charge in [-0.05, 0) is 43.0 Å². The molecule has 0 bridgehead atoms. The van der Waals surface area contributed by atoms with E-state index < -0.39 is 0 Å². The molecule has 1 unspecified atom stereocenters. The van der Waals surface area contributed by atoms with Crippen LogP contribution in [0, 0.1) is 0 Å². The molecule has 1 aromatic heterocycles. The fraction of sp³-hybridized carbons (Fsp3) is 0.333. The molecule has 0 spiro atoms. The van der Waals surface area contributed by atoms with Gasteiger partial charge >= 0.3 is 0 Å². The largest absolute Gasteiger partial charge is 0.490 e. The first-order valence-corrected chi connectivity index (χ1v) is 9.02. The zero-order valence-electron chi connectivity index (χ0n) is 11.4. The fourth-order valence-electron chi connectivity index (χ4n) is 1.87. The summed E-state index contributed by atoms with van der Waals surface area (Å²) < 4.78 is 12.3. The predicted octanol–water partition coefficient (Wildman–Crippen LogP) is 5.79. The van der Waals surface area contributed by atoms with E-state index >= 15 is 0 Å². The maximum absolute atomic E-state index is 5.69. The summed E-state index contributed by atoms with van der Waals surface area (Å²) >= 11 is 9.11. The molecular weight excluding hydrogens is 404 g/mol. The molecule has 2 rings (SSSR count). The molecule has 0 N–H and O–H groups in total. The van der Waals surface area contributed by atoms with E-state index in [0.717, 1.165) is 21.5 Å². The predicted molar refractivity (Wildman–Crippen MR) is 91.6 cm³/mol. The number of thiophene rings is 1. The summed E-state index contributed by atoms with van der Waals surface area (Å²) in [5.74, 6) is 1.56. The van der Waals surface area contributed by atoms with Crippen molar-refractivity contribution in [3.63, 3.8) is 0 Å². The average molecular weight is 420 g/mol. The van der Waals surface area contributed by atoms with Crippen LogP contribution in [0.4, 0.5) is 0 Å². The van der Waals surface area contributed by atoms with E-state index in [4.69, 9.17) is 9.47 Å². The lowest BCUT2D eigenvalue weighted by molar-refractivity contribution is 0.287. The standard InChI is InChI=1S/C15H16Br2O2S/c1-3-18-12-8-10(11(16)9-13(12)19-4-2)15(17)14-6-5-7-20-14/h5-9,15H,3-4H2,1-2H3. The van der Waals surface area contributed by atoms with Gasteiger partial charge in [0.15, 0.2) is 11.5 Å². The highest BCUT2D eigenvalue weighted by Gasteiger charge is 2.18. The van der Waals surface area contributed by atoms with Gasteiger partial charge in [-0.1, -0.05) is 37.9 Å². The fourth-order valence-corrected chi connectivity index (χ4v) is 4.30. The van der Waals surface area contributed by atoms with Crippen LogP contribution < -0.4 is 9.47 Å². The first-order valence-electron chi connectivity index (χ1n) is 6.43. The van der Waals surface area contributed by atoms with Crippen molar-refractivity contribution in [3.05, 3.63) is 44.6 Å². The van der Waals surface area contributed by atoms with E-state index in [1.54, 1.807) is 11.3 Å². The van der Waals surface area contributed by atoms with Crippen molar-refractivity contribution in [2.45, 2.75) is 18.7 Å². The van der Waals surface area contributed by atoms with E-state index in [0.29, 0.717) is 13.2 Å². The monoisotopic (exact) mass is 418 g/mol. The Labute approximate surface area is 140 Å². The Morgan fingerprint density at radius 2 is 1.80 bits per heavy atom. The topological polar surface area (TPSA) is 18.5 Å². The lowest BCUT2D eigenvalue weighted by Crippen LogP contribution is -2.01. The minimum absolute atomic E-state index is 0.145. The van der Waals surface area contributed by atoms with E-state index in [9.17, 15) is 0 Å². The van der Waals surface area contributed by atoms with E-state index in [-0.39, 0.29) is 4.83 Å². The Morgan fingerprint density at radius 1 is 1.15 bits per heavy atom. The molecule has 0 saturated heterocycles. The highest BCUT2D eigenvalue weighted by Crippen LogP contribution is 2.42. The van der Waals surface area contributed by atoms with Crippen molar-refractivity contribution < 1.29 is 9.47 Å². The molecule has 1 aromatic carbocycles. The zero-order chi connectivity index (χ0) is 14.5. The molecular formula is C15H16Br2O2S. The first-order chi connectivity index (χ1) is 9.67. The van der Waals surface area contributed by atoms with Gasteiger partial charge in [-0.2, -0.15) is 0 Å². The molecule has 5 heteroatoms. The van der Waals surface area contributed by atoms with Crippen LogP contribution in [0.25, 0.3) is 0 Å². The molecule has 0 aliphatic rings. The van der Waals surface area contributed by atoms with Gasteiger partial charge in [0.05, 0.1) is 18.0 Å². The van der Waals surface area contributed by atoms with Crippen LogP contribution in [0.1, 0.15) is 29.1 Å². The third kappa shape index (κ3) is 3.57. The van der Waals surface area contributed by atoms with E-state index in [2.05, 4.69) is 49.4 Å². The van der Waals surface area contributed by atoms with E-state index in [1.807, 2.05) is 26.0 Å². The molecule has 0 fully saturated rings. The molecule has 20 heavy (non-hydrogen) atoms. The van der Waals surface area contributed by atoms with Gasteiger partial charge in [-0.15, -0.1) is 11.3 Å². The van der Waals surface area contributed by atoms with Crippen LogP contribution in [0.3, 0.4) is 0 Å². The number of rotatable bonds is 6. The molecule has 2 nitrogen and oxygen atoms in total. The van der Waals surface area contributed by atoms with Gasteiger partial charge < -0.3 is 9.47 Å². The minimum atomic E-state index is 0.145. The molecule has 108 valence electrons. The molecule has 0 radical (unpaired) electrons. The molecule has 1 atom stereocenters.